The van der Waals surface area contributed by atoms with Gasteiger partial charge in [-0.3, -0.25) is 9.78 Å². The lowest BCUT2D eigenvalue weighted by Gasteiger charge is -2.10. The van der Waals surface area contributed by atoms with Gasteiger partial charge in [0.05, 0.1) is 11.2 Å². The molecule has 0 unspecified atom stereocenters. The van der Waals surface area contributed by atoms with Crippen molar-refractivity contribution in [1.29, 1.82) is 0 Å². The molecule has 0 saturated heterocycles. The van der Waals surface area contributed by atoms with Crippen LogP contribution in [-0.2, 0) is 4.79 Å². The molecule has 0 fully saturated rings. The topological polar surface area (TPSA) is 51.2 Å². The highest BCUT2D eigenvalue weighted by atomic mass is 16.5. The summed E-state index contributed by atoms with van der Waals surface area (Å²) >= 11 is 0. The van der Waals surface area contributed by atoms with Crippen LogP contribution in [0.5, 0.6) is 5.75 Å². The van der Waals surface area contributed by atoms with Crippen molar-refractivity contribution >= 4 is 22.5 Å². The lowest BCUT2D eigenvalue weighted by molar-refractivity contribution is -0.118. The third kappa shape index (κ3) is 3.71. The van der Waals surface area contributed by atoms with Crippen LogP contribution in [0, 0.1) is 0 Å². The fourth-order valence-electron chi connectivity index (χ4n) is 2.49. The maximum absolute atomic E-state index is 12.1. The molecule has 3 aromatic rings. The van der Waals surface area contributed by atoms with Crippen LogP contribution in [0.1, 0.15) is 25.3 Å². The minimum atomic E-state index is -0.207. The van der Waals surface area contributed by atoms with Crippen molar-refractivity contribution in [2.75, 3.05) is 11.9 Å². The number of anilines is 1. The van der Waals surface area contributed by atoms with Gasteiger partial charge >= 0.3 is 0 Å². The molecule has 0 spiro atoms. The number of hydrogen-bond donors (Lipinski definition) is 1. The van der Waals surface area contributed by atoms with Crippen LogP contribution in [0.4, 0.5) is 5.69 Å². The fourth-order valence-corrected chi connectivity index (χ4v) is 2.49. The van der Waals surface area contributed by atoms with Gasteiger partial charge in [0, 0.05) is 11.6 Å². The van der Waals surface area contributed by atoms with Crippen molar-refractivity contribution in [2.45, 2.75) is 19.8 Å². The minimum Gasteiger partial charge on any atom is -0.484 e. The molecular formula is C20H20N2O2. The molecule has 0 saturated carbocycles. The number of benzene rings is 2. The Morgan fingerprint density at radius 2 is 1.83 bits per heavy atom. The molecule has 0 radical (unpaired) electrons. The summed E-state index contributed by atoms with van der Waals surface area (Å²) in [6.07, 6.45) is 1.71. The third-order valence-electron chi connectivity index (χ3n) is 3.82. The van der Waals surface area contributed by atoms with Crippen molar-refractivity contribution in [3.05, 3.63) is 66.4 Å². The molecule has 1 amide bonds. The highest BCUT2D eigenvalue weighted by Crippen LogP contribution is 2.21. The predicted molar refractivity (Wildman–Crippen MR) is 96.4 cm³/mol. The molecule has 1 aromatic heterocycles. The molecule has 0 atom stereocenters. The Labute approximate surface area is 141 Å². The maximum Gasteiger partial charge on any atom is 0.262 e. The second kappa shape index (κ2) is 7.13. The van der Waals surface area contributed by atoms with Crippen LogP contribution in [-0.4, -0.2) is 17.5 Å². The largest absolute Gasteiger partial charge is 0.484 e. The van der Waals surface area contributed by atoms with Crippen molar-refractivity contribution in [3.8, 4) is 5.75 Å². The monoisotopic (exact) mass is 320 g/mol. The Hall–Kier alpha value is -2.88. The summed E-state index contributed by atoms with van der Waals surface area (Å²) in [5.41, 5.74) is 2.71. The van der Waals surface area contributed by atoms with E-state index >= 15 is 0 Å². The maximum atomic E-state index is 12.1. The van der Waals surface area contributed by atoms with Crippen molar-refractivity contribution < 1.29 is 9.53 Å². The van der Waals surface area contributed by atoms with Gasteiger partial charge in [-0.1, -0.05) is 44.2 Å². The molecule has 1 heterocycles. The number of ether oxygens (including phenoxy) is 1. The van der Waals surface area contributed by atoms with Gasteiger partial charge in [0.1, 0.15) is 5.75 Å². The number of nitrogens with one attached hydrogen (secondary N) is 1. The molecule has 3 rings (SSSR count). The number of pyridine rings is 1. The number of para-hydroxylation sites is 1. The van der Waals surface area contributed by atoms with Crippen LogP contribution >= 0.6 is 0 Å². The Morgan fingerprint density at radius 3 is 2.58 bits per heavy atom. The molecule has 0 bridgehead atoms. The summed E-state index contributed by atoms with van der Waals surface area (Å²) in [6.45, 7) is 4.24. The smallest absolute Gasteiger partial charge is 0.262 e. The second-order valence-electron chi connectivity index (χ2n) is 5.94. The van der Waals surface area contributed by atoms with E-state index in [1.54, 1.807) is 6.20 Å². The molecule has 24 heavy (non-hydrogen) atoms. The summed E-state index contributed by atoms with van der Waals surface area (Å²) < 4.78 is 5.55. The zero-order chi connectivity index (χ0) is 16.9. The highest BCUT2D eigenvalue weighted by Gasteiger charge is 2.08. The van der Waals surface area contributed by atoms with E-state index in [-0.39, 0.29) is 12.5 Å². The van der Waals surface area contributed by atoms with Crippen LogP contribution < -0.4 is 10.1 Å². The summed E-state index contributed by atoms with van der Waals surface area (Å²) in [5, 5.41) is 3.84. The van der Waals surface area contributed by atoms with E-state index in [0.29, 0.717) is 17.4 Å². The molecule has 4 heteroatoms. The van der Waals surface area contributed by atoms with E-state index in [9.17, 15) is 4.79 Å². The molecule has 122 valence electrons. The number of carbonyl (C=O) groups is 1. The first kappa shape index (κ1) is 16.0. The lowest BCUT2D eigenvalue weighted by Crippen LogP contribution is -2.20. The molecule has 1 N–H and O–H groups in total. The highest BCUT2D eigenvalue weighted by molar-refractivity contribution is 6.00. The number of aromatic nitrogens is 1. The van der Waals surface area contributed by atoms with Crippen LogP contribution in [0.25, 0.3) is 10.9 Å². The Balaban J connectivity index is 1.63. The predicted octanol–water partition coefficient (Wildman–Crippen LogP) is 4.38. The first-order valence-electron chi connectivity index (χ1n) is 8.00. The molecule has 2 aromatic carbocycles. The van der Waals surface area contributed by atoms with Gasteiger partial charge in [-0.15, -0.1) is 0 Å². The number of amides is 1. The average Bonchev–Trinajstić information content (AvgIpc) is 2.61. The second-order valence-corrected chi connectivity index (χ2v) is 5.94. The Bertz CT molecular complexity index is 836. The lowest BCUT2D eigenvalue weighted by atomic mass is 10.0. The quantitative estimate of drug-likeness (QED) is 0.759. The number of carbonyl (C=O) groups excluding carboxylic acids is 1. The SMILES string of the molecule is CC(C)c1ccc(OCC(=O)Nc2cccc3cccnc23)cc1. The van der Waals surface area contributed by atoms with Gasteiger partial charge in [0.2, 0.25) is 0 Å². The van der Waals surface area contributed by atoms with Gasteiger partial charge in [-0.2, -0.15) is 0 Å². The van der Waals surface area contributed by atoms with Crippen molar-refractivity contribution in [3.63, 3.8) is 0 Å². The number of fused-ring (bicyclic) bond motifs is 1. The molecule has 0 aliphatic rings. The van der Waals surface area contributed by atoms with Crippen molar-refractivity contribution in [1.82, 2.24) is 4.98 Å². The van der Waals surface area contributed by atoms with Crippen LogP contribution in [0.15, 0.2) is 60.8 Å². The van der Waals surface area contributed by atoms with E-state index in [1.807, 2.05) is 54.6 Å². The zero-order valence-corrected chi connectivity index (χ0v) is 13.8. The Kier molecular flexibility index (Phi) is 4.75. The van der Waals surface area contributed by atoms with Crippen LogP contribution in [0.2, 0.25) is 0 Å². The summed E-state index contributed by atoms with van der Waals surface area (Å²) in [6, 6.07) is 17.4. The van der Waals surface area contributed by atoms with E-state index in [2.05, 4.69) is 24.1 Å². The van der Waals surface area contributed by atoms with E-state index in [0.717, 1.165) is 10.9 Å². The van der Waals surface area contributed by atoms with E-state index in [4.69, 9.17) is 4.74 Å². The van der Waals surface area contributed by atoms with Gasteiger partial charge in [0.15, 0.2) is 6.61 Å². The molecular weight excluding hydrogens is 300 g/mol. The van der Waals surface area contributed by atoms with Crippen molar-refractivity contribution in [2.24, 2.45) is 0 Å². The average molecular weight is 320 g/mol. The molecule has 0 aliphatic heterocycles. The number of rotatable bonds is 5. The number of hydrogen-bond acceptors (Lipinski definition) is 3. The van der Waals surface area contributed by atoms with Gasteiger partial charge in [-0.05, 0) is 35.7 Å². The van der Waals surface area contributed by atoms with E-state index < -0.39 is 0 Å². The van der Waals surface area contributed by atoms with Gasteiger partial charge < -0.3 is 10.1 Å². The van der Waals surface area contributed by atoms with E-state index in [1.165, 1.54) is 5.56 Å². The summed E-state index contributed by atoms with van der Waals surface area (Å²) in [5.74, 6) is 0.952. The van der Waals surface area contributed by atoms with Crippen LogP contribution in [0.3, 0.4) is 0 Å². The molecule has 4 nitrogen and oxygen atoms in total. The molecule has 0 aliphatic carbocycles. The number of nitrogens with zero attached hydrogens (tertiary/aromatic N) is 1. The van der Waals surface area contributed by atoms with Gasteiger partial charge in [0.25, 0.3) is 5.91 Å². The summed E-state index contributed by atoms with van der Waals surface area (Å²) in [4.78, 5) is 16.5. The standard InChI is InChI=1S/C20H20N2O2/c1-14(2)15-8-10-17(11-9-15)24-13-19(23)22-18-7-3-5-16-6-4-12-21-20(16)18/h3-12,14H,13H2,1-2H3,(H,22,23). The third-order valence-corrected chi connectivity index (χ3v) is 3.82. The zero-order valence-electron chi connectivity index (χ0n) is 13.8. The Morgan fingerprint density at radius 1 is 1.08 bits per heavy atom. The fraction of sp³-hybridized carbons (Fsp3) is 0.200. The summed E-state index contributed by atoms with van der Waals surface area (Å²) in [7, 11) is 0. The normalized spacial score (nSPS) is 10.8. The van der Waals surface area contributed by atoms with Gasteiger partial charge in [-0.25, -0.2) is 0 Å². The first-order valence-corrected chi connectivity index (χ1v) is 8.00. The minimum absolute atomic E-state index is 0.0375. The first-order chi connectivity index (χ1) is 11.6.